The van der Waals surface area contributed by atoms with Gasteiger partial charge in [0.25, 0.3) is 0 Å². The van der Waals surface area contributed by atoms with E-state index in [2.05, 4.69) is 20.3 Å². The maximum Gasteiger partial charge on any atom is 0.141 e. The number of rotatable bonds is 5. The minimum Gasteiger partial charge on any atom is -0.496 e. The summed E-state index contributed by atoms with van der Waals surface area (Å²) in [5, 5.41) is 6.07. The standard InChI is InChI=1S/C20H16N4OS/c1-25-17-7-3-2-5-15(17)14-9-10-18(22-13-14)24-19-8-4-6-16(23-19)20-21-11-12-26-20/h2-13H,1H3,(H,22,23,24). The molecular formula is C20H16N4OS. The van der Waals surface area contributed by atoms with Gasteiger partial charge in [0.2, 0.25) is 0 Å². The molecule has 0 spiro atoms. The molecule has 0 atom stereocenters. The second-order valence-electron chi connectivity index (χ2n) is 5.50. The first-order valence-electron chi connectivity index (χ1n) is 8.07. The first-order valence-corrected chi connectivity index (χ1v) is 8.95. The van der Waals surface area contributed by atoms with Crippen LogP contribution in [0.15, 0.2) is 72.4 Å². The summed E-state index contributed by atoms with van der Waals surface area (Å²) in [5.74, 6) is 2.29. The van der Waals surface area contributed by atoms with Gasteiger partial charge in [-0.25, -0.2) is 15.0 Å². The smallest absolute Gasteiger partial charge is 0.141 e. The van der Waals surface area contributed by atoms with Crippen molar-refractivity contribution in [2.75, 3.05) is 12.4 Å². The zero-order valence-corrected chi connectivity index (χ0v) is 14.9. The Morgan fingerprint density at radius 3 is 2.62 bits per heavy atom. The van der Waals surface area contributed by atoms with Crippen LogP contribution >= 0.6 is 11.3 Å². The predicted molar refractivity (Wildman–Crippen MR) is 105 cm³/mol. The topological polar surface area (TPSA) is 59.9 Å². The van der Waals surface area contributed by atoms with E-state index in [4.69, 9.17) is 4.74 Å². The van der Waals surface area contributed by atoms with Crippen LogP contribution in [0.2, 0.25) is 0 Å². The van der Waals surface area contributed by atoms with E-state index in [1.54, 1.807) is 24.6 Å². The molecule has 0 aliphatic heterocycles. The number of aromatic nitrogens is 3. The van der Waals surface area contributed by atoms with Crippen molar-refractivity contribution in [1.29, 1.82) is 0 Å². The van der Waals surface area contributed by atoms with Gasteiger partial charge in [0.05, 0.1) is 7.11 Å². The molecule has 0 aliphatic carbocycles. The molecule has 3 aromatic heterocycles. The normalized spacial score (nSPS) is 10.5. The van der Waals surface area contributed by atoms with Crippen LogP contribution < -0.4 is 10.1 Å². The molecule has 1 N–H and O–H groups in total. The zero-order valence-electron chi connectivity index (χ0n) is 14.1. The minimum absolute atomic E-state index is 0.729. The summed E-state index contributed by atoms with van der Waals surface area (Å²) in [5.41, 5.74) is 2.85. The molecule has 0 bridgehead atoms. The van der Waals surface area contributed by atoms with E-state index in [0.29, 0.717) is 0 Å². The highest BCUT2D eigenvalue weighted by atomic mass is 32.1. The molecule has 0 saturated heterocycles. The lowest BCUT2D eigenvalue weighted by molar-refractivity contribution is 0.416. The second kappa shape index (κ2) is 7.33. The van der Waals surface area contributed by atoms with Crippen LogP contribution in [-0.2, 0) is 0 Å². The van der Waals surface area contributed by atoms with Crippen molar-refractivity contribution in [3.05, 3.63) is 72.4 Å². The molecule has 5 nitrogen and oxygen atoms in total. The number of anilines is 2. The highest BCUT2D eigenvalue weighted by molar-refractivity contribution is 7.13. The molecule has 3 heterocycles. The average molecular weight is 360 g/mol. The van der Waals surface area contributed by atoms with Crippen molar-refractivity contribution in [3.8, 4) is 27.6 Å². The van der Waals surface area contributed by atoms with Crippen molar-refractivity contribution in [1.82, 2.24) is 15.0 Å². The van der Waals surface area contributed by atoms with Gasteiger partial charge in [0.15, 0.2) is 0 Å². The number of nitrogens with zero attached hydrogens (tertiary/aromatic N) is 3. The fourth-order valence-corrected chi connectivity index (χ4v) is 3.22. The number of thiazole rings is 1. The Labute approximate surface area is 155 Å². The quantitative estimate of drug-likeness (QED) is 0.541. The van der Waals surface area contributed by atoms with Crippen molar-refractivity contribution in [2.24, 2.45) is 0 Å². The molecule has 6 heteroatoms. The number of pyridine rings is 2. The summed E-state index contributed by atoms with van der Waals surface area (Å²) in [6.07, 6.45) is 3.60. The van der Waals surface area contributed by atoms with E-state index in [1.807, 2.05) is 66.2 Å². The Balaban J connectivity index is 1.56. The maximum absolute atomic E-state index is 5.42. The van der Waals surface area contributed by atoms with Gasteiger partial charge in [-0.3, -0.25) is 0 Å². The van der Waals surface area contributed by atoms with Gasteiger partial charge in [-0.05, 0) is 30.3 Å². The van der Waals surface area contributed by atoms with Crippen LogP contribution in [0.3, 0.4) is 0 Å². The third-order valence-electron chi connectivity index (χ3n) is 3.84. The van der Waals surface area contributed by atoms with Gasteiger partial charge in [-0.2, -0.15) is 0 Å². The van der Waals surface area contributed by atoms with Gasteiger partial charge in [-0.15, -0.1) is 11.3 Å². The number of ether oxygens (including phenoxy) is 1. The Morgan fingerprint density at radius 2 is 1.85 bits per heavy atom. The molecule has 0 fully saturated rings. The summed E-state index contributed by atoms with van der Waals surface area (Å²) >= 11 is 1.57. The summed E-state index contributed by atoms with van der Waals surface area (Å²) in [6.45, 7) is 0. The highest BCUT2D eigenvalue weighted by Gasteiger charge is 2.07. The van der Waals surface area contributed by atoms with Gasteiger partial charge in [0, 0.05) is 28.9 Å². The summed E-state index contributed by atoms with van der Waals surface area (Å²) in [6, 6.07) is 17.6. The van der Waals surface area contributed by atoms with E-state index in [9.17, 15) is 0 Å². The van der Waals surface area contributed by atoms with Crippen LogP contribution in [0, 0.1) is 0 Å². The summed E-state index contributed by atoms with van der Waals surface area (Å²) < 4.78 is 5.42. The first kappa shape index (κ1) is 16.2. The molecule has 0 unspecified atom stereocenters. The molecule has 0 radical (unpaired) electrons. The molecule has 26 heavy (non-hydrogen) atoms. The number of para-hydroxylation sites is 1. The van der Waals surface area contributed by atoms with Crippen molar-refractivity contribution in [3.63, 3.8) is 0 Å². The van der Waals surface area contributed by atoms with Crippen LogP contribution in [0.25, 0.3) is 21.8 Å². The third kappa shape index (κ3) is 3.41. The zero-order chi connectivity index (χ0) is 17.8. The fraction of sp³-hybridized carbons (Fsp3) is 0.0500. The van der Waals surface area contributed by atoms with Crippen LogP contribution in [0.1, 0.15) is 0 Å². The Morgan fingerprint density at radius 1 is 0.923 bits per heavy atom. The maximum atomic E-state index is 5.42. The Hall–Kier alpha value is -3.25. The lowest BCUT2D eigenvalue weighted by Crippen LogP contribution is -1.97. The van der Waals surface area contributed by atoms with E-state index < -0.39 is 0 Å². The van der Waals surface area contributed by atoms with Gasteiger partial charge in [-0.1, -0.05) is 24.3 Å². The Kier molecular flexibility index (Phi) is 4.57. The lowest BCUT2D eigenvalue weighted by atomic mass is 10.1. The molecule has 4 rings (SSSR count). The highest BCUT2D eigenvalue weighted by Crippen LogP contribution is 2.29. The molecule has 0 amide bonds. The Bertz CT molecular complexity index is 1000. The number of hydrogen-bond acceptors (Lipinski definition) is 6. The van der Waals surface area contributed by atoms with E-state index >= 15 is 0 Å². The van der Waals surface area contributed by atoms with E-state index in [0.717, 1.165) is 39.2 Å². The third-order valence-corrected chi connectivity index (χ3v) is 4.63. The van der Waals surface area contributed by atoms with Crippen molar-refractivity contribution in [2.45, 2.75) is 0 Å². The van der Waals surface area contributed by atoms with Crippen molar-refractivity contribution >= 4 is 23.0 Å². The number of nitrogens with one attached hydrogen (secondary N) is 1. The largest absolute Gasteiger partial charge is 0.496 e. The SMILES string of the molecule is COc1ccccc1-c1ccc(Nc2cccc(-c3nccs3)n2)nc1. The van der Waals surface area contributed by atoms with Gasteiger partial charge in [0.1, 0.15) is 28.1 Å². The van der Waals surface area contributed by atoms with Crippen LogP contribution in [-0.4, -0.2) is 22.1 Å². The van der Waals surface area contributed by atoms with Crippen LogP contribution in [0.4, 0.5) is 11.6 Å². The number of methoxy groups -OCH3 is 1. The van der Waals surface area contributed by atoms with Crippen molar-refractivity contribution < 1.29 is 4.74 Å². The van der Waals surface area contributed by atoms with E-state index in [1.165, 1.54) is 0 Å². The first-order chi connectivity index (χ1) is 12.8. The summed E-state index contributed by atoms with van der Waals surface area (Å²) in [7, 11) is 1.67. The van der Waals surface area contributed by atoms with Crippen LogP contribution in [0.5, 0.6) is 5.75 Å². The van der Waals surface area contributed by atoms with E-state index in [-0.39, 0.29) is 0 Å². The lowest BCUT2D eigenvalue weighted by Gasteiger charge is -2.09. The number of hydrogen-bond donors (Lipinski definition) is 1. The molecule has 1 aromatic carbocycles. The molecule has 4 aromatic rings. The molecule has 128 valence electrons. The molecular weight excluding hydrogens is 344 g/mol. The summed E-state index contributed by atoms with van der Waals surface area (Å²) in [4.78, 5) is 13.4. The fourth-order valence-electron chi connectivity index (χ4n) is 2.61. The molecule has 0 aliphatic rings. The minimum atomic E-state index is 0.729. The average Bonchev–Trinajstić information content (AvgIpc) is 3.24. The monoisotopic (exact) mass is 360 g/mol. The molecule has 0 saturated carbocycles. The van der Waals surface area contributed by atoms with Gasteiger partial charge < -0.3 is 10.1 Å². The predicted octanol–water partition coefficient (Wildman–Crippen LogP) is 5.02. The van der Waals surface area contributed by atoms with Gasteiger partial charge >= 0.3 is 0 Å². The number of benzene rings is 1. The second-order valence-corrected chi connectivity index (χ2v) is 6.40.